The van der Waals surface area contributed by atoms with Gasteiger partial charge in [-0.2, -0.15) is 0 Å². The fourth-order valence-corrected chi connectivity index (χ4v) is 2.03. The number of nitrogens with zero attached hydrogens (tertiary/aromatic N) is 1. The van der Waals surface area contributed by atoms with Gasteiger partial charge in [0.25, 0.3) is 0 Å². The third kappa shape index (κ3) is 2.27. The van der Waals surface area contributed by atoms with Crippen LogP contribution in [0.1, 0.15) is 18.4 Å². The van der Waals surface area contributed by atoms with Gasteiger partial charge in [-0.3, -0.25) is 14.6 Å². The van der Waals surface area contributed by atoms with E-state index in [4.69, 9.17) is 4.74 Å². The van der Waals surface area contributed by atoms with Gasteiger partial charge in [-0.05, 0) is 18.6 Å². The number of ether oxygens (including phenoxy) is 1. The average molecular weight is 234 g/mol. The zero-order chi connectivity index (χ0) is 12.3. The van der Waals surface area contributed by atoms with Crippen LogP contribution < -0.4 is 5.32 Å². The number of rotatable bonds is 3. The van der Waals surface area contributed by atoms with E-state index in [1.165, 1.54) is 0 Å². The second-order valence-electron chi connectivity index (χ2n) is 3.87. The number of aromatic nitrogens is 1. The standard InChI is InChI=1S/C12H14N2O3/c1-2-17-12(16)10-9(7-14-11(10)15)8-4-3-5-13-6-8/h3-6,9-10H,2,7H2,1H3,(H,14,15)/t9-,10+/m1/s1. The number of hydrogen-bond donors (Lipinski definition) is 1. The number of amides is 1. The topological polar surface area (TPSA) is 68.3 Å². The minimum Gasteiger partial charge on any atom is -0.465 e. The van der Waals surface area contributed by atoms with Crippen LogP contribution in [-0.4, -0.2) is 30.0 Å². The first kappa shape index (κ1) is 11.6. The molecule has 1 aromatic rings. The number of pyridine rings is 1. The summed E-state index contributed by atoms with van der Waals surface area (Å²) in [6, 6.07) is 3.66. The van der Waals surface area contributed by atoms with Crippen molar-refractivity contribution in [1.29, 1.82) is 0 Å². The Bertz CT molecular complexity index is 419. The summed E-state index contributed by atoms with van der Waals surface area (Å²) in [5.41, 5.74) is 0.879. The molecule has 0 bridgehead atoms. The summed E-state index contributed by atoms with van der Waals surface area (Å²) in [6.07, 6.45) is 3.34. The van der Waals surface area contributed by atoms with Crippen LogP contribution in [0.4, 0.5) is 0 Å². The van der Waals surface area contributed by atoms with Crippen molar-refractivity contribution in [2.24, 2.45) is 5.92 Å². The first-order valence-electron chi connectivity index (χ1n) is 5.58. The van der Waals surface area contributed by atoms with Gasteiger partial charge in [0.2, 0.25) is 5.91 Å². The maximum absolute atomic E-state index is 11.7. The molecule has 1 aliphatic rings. The fraction of sp³-hybridized carbons (Fsp3) is 0.417. The number of esters is 1. The van der Waals surface area contributed by atoms with Crippen LogP contribution in [0.15, 0.2) is 24.5 Å². The van der Waals surface area contributed by atoms with Crippen LogP contribution in [-0.2, 0) is 14.3 Å². The van der Waals surface area contributed by atoms with E-state index in [-0.39, 0.29) is 18.4 Å². The Labute approximate surface area is 99.2 Å². The maximum atomic E-state index is 11.7. The van der Waals surface area contributed by atoms with E-state index in [0.29, 0.717) is 6.54 Å². The van der Waals surface area contributed by atoms with Crippen molar-refractivity contribution in [3.8, 4) is 0 Å². The Hall–Kier alpha value is -1.91. The Morgan fingerprint density at radius 1 is 1.65 bits per heavy atom. The molecule has 0 spiro atoms. The van der Waals surface area contributed by atoms with Crippen molar-refractivity contribution < 1.29 is 14.3 Å². The lowest BCUT2D eigenvalue weighted by molar-refractivity contribution is -0.151. The van der Waals surface area contributed by atoms with E-state index in [9.17, 15) is 9.59 Å². The minimum absolute atomic E-state index is 0.185. The smallest absolute Gasteiger partial charge is 0.319 e. The summed E-state index contributed by atoms with van der Waals surface area (Å²) >= 11 is 0. The molecule has 2 rings (SSSR count). The molecular formula is C12H14N2O3. The third-order valence-electron chi connectivity index (χ3n) is 2.83. The quantitative estimate of drug-likeness (QED) is 0.610. The molecule has 1 amide bonds. The molecule has 1 saturated heterocycles. The average Bonchev–Trinajstić information content (AvgIpc) is 2.73. The van der Waals surface area contributed by atoms with Crippen LogP contribution >= 0.6 is 0 Å². The maximum Gasteiger partial charge on any atom is 0.319 e. The Kier molecular flexibility index (Phi) is 3.37. The van der Waals surface area contributed by atoms with Crippen LogP contribution in [0.25, 0.3) is 0 Å². The molecule has 0 aliphatic carbocycles. The summed E-state index contributed by atoms with van der Waals surface area (Å²) in [4.78, 5) is 27.4. The van der Waals surface area contributed by atoms with E-state index in [1.807, 2.05) is 6.07 Å². The SMILES string of the molecule is CCOC(=O)[C@@H]1C(=O)NC[C@@H]1c1cccnc1. The minimum atomic E-state index is -0.751. The summed E-state index contributed by atoms with van der Waals surface area (Å²) < 4.78 is 4.93. The Morgan fingerprint density at radius 3 is 3.12 bits per heavy atom. The number of carbonyl (C=O) groups is 2. The van der Waals surface area contributed by atoms with Gasteiger partial charge >= 0.3 is 5.97 Å². The van der Waals surface area contributed by atoms with Gasteiger partial charge < -0.3 is 10.1 Å². The van der Waals surface area contributed by atoms with Crippen LogP contribution in [0, 0.1) is 5.92 Å². The molecule has 0 saturated carbocycles. The summed E-state index contributed by atoms with van der Waals surface area (Å²) in [6.45, 7) is 2.46. The highest BCUT2D eigenvalue weighted by molar-refractivity contribution is 6.00. The van der Waals surface area contributed by atoms with E-state index in [2.05, 4.69) is 10.3 Å². The van der Waals surface area contributed by atoms with Crippen molar-refractivity contribution in [3.63, 3.8) is 0 Å². The molecule has 2 heterocycles. The van der Waals surface area contributed by atoms with Gasteiger partial charge in [-0.25, -0.2) is 0 Å². The number of hydrogen-bond acceptors (Lipinski definition) is 4. The zero-order valence-corrected chi connectivity index (χ0v) is 9.55. The summed E-state index contributed by atoms with van der Waals surface area (Å²) in [5, 5.41) is 2.69. The summed E-state index contributed by atoms with van der Waals surface area (Å²) in [7, 11) is 0. The van der Waals surface area contributed by atoms with Gasteiger partial charge in [-0.1, -0.05) is 6.07 Å². The summed E-state index contributed by atoms with van der Waals surface area (Å²) in [5.74, 6) is -1.66. The van der Waals surface area contributed by atoms with Crippen molar-refractivity contribution in [2.75, 3.05) is 13.2 Å². The van der Waals surface area contributed by atoms with Crippen LogP contribution in [0.3, 0.4) is 0 Å². The first-order valence-corrected chi connectivity index (χ1v) is 5.58. The van der Waals surface area contributed by atoms with E-state index >= 15 is 0 Å². The lowest BCUT2D eigenvalue weighted by atomic mass is 9.89. The predicted octanol–water partition coefficient (Wildman–Crippen LogP) is 0.474. The molecule has 0 aromatic carbocycles. The van der Waals surface area contributed by atoms with Crippen LogP contribution in [0.2, 0.25) is 0 Å². The first-order chi connectivity index (χ1) is 8.24. The normalized spacial score (nSPS) is 23.2. The van der Waals surface area contributed by atoms with Crippen molar-refractivity contribution in [1.82, 2.24) is 10.3 Å². The highest BCUT2D eigenvalue weighted by Crippen LogP contribution is 2.29. The molecule has 5 nitrogen and oxygen atoms in total. The van der Waals surface area contributed by atoms with E-state index < -0.39 is 11.9 Å². The Morgan fingerprint density at radius 2 is 2.47 bits per heavy atom. The second kappa shape index (κ2) is 4.95. The van der Waals surface area contributed by atoms with Crippen molar-refractivity contribution in [3.05, 3.63) is 30.1 Å². The van der Waals surface area contributed by atoms with Gasteiger partial charge in [-0.15, -0.1) is 0 Å². The molecule has 0 radical (unpaired) electrons. The zero-order valence-electron chi connectivity index (χ0n) is 9.55. The highest BCUT2D eigenvalue weighted by atomic mass is 16.5. The third-order valence-corrected chi connectivity index (χ3v) is 2.83. The largest absolute Gasteiger partial charge is 0.465 e. The van der Waals surface area contributed by atoms with Gasteiger partial charge in [0, 0.05) is 24.9 Å². The monoisotopic (exact) mass is 234 g/mol. The van der Waals surface area contributed by atoms with Gasteiger partial charge in [0.1, 0.15) is 5.92 Å². The highest BCUT2D eigenvalue weighted by Gasteiger charge is 2.42. The van der Waals surface area contributed by atoms with Crippen molar-refractivity contribution >= 4 is 11.9 Å². The van der Waals surface area contributed by atoms with E-state index in [0.717, 1.165) is 5.56 Å². The molecule has 1 aromatic heterocycles. The van der Waals surface area contributed by atoms with Crippen LogP contribution in [0.5, 0.6) is 0 Å². The molecule has 0 unspecified atom stereocenters. The molecule has 1 fully saturated rings. The molecular weight excluding hydrogens is 220 g/mol. The molecule has 1 N–H and O–H groups in total. The lowest BCUT2D eigenvalue weighted by Crippen LogP contribution is -2.29. The number of nitrogens with one attached hydrogen (secondary N) is 1. The molecule has 5 heteroatoms. The molecule has 2 atom stereocenters. The van der Waals surface area contributed by atoms with Crippen molar-refractivity contribution in [2.45, 2.75) is 12.8 Å². The molecule has 17 heavy (non-hydrogen) atoms. The molecule has 1 aliphatic heterocycles. The van der Waals surface area contributed by atoms with Gasteiger partial charge in [0.05, 0.1) is 6.61 Å². The van der Waals surface area contributed by atoms with E-state index in [1.54, 1.807) is 25.4 Å². The lowest BCUT2D eigenvalue weighted by Gasteiger charge is -2.15. The Balaban J connectivity index is 2.22. The molecule has 90 valence electrons. The van der Waals surface area contributed by atoms with Gasteiger partial charge in [0.15, 0.2) is 0 Å². The fourth-order valence-electron chi connectivity index (χ4n) is 2.03. The number of carbonyl (C=O) groups excluding carboxylic acids is 2. The second-order valence-corrected chi connectivity index (χ2v) is 3.87. The predicted molar refractivity (Wildman–Crippen MR) is 60.1 cm³/mol.